The lowest BCUT2D eigenvalue weighted by Gasteiger charge is -2.22. The maximum atomic E-state index is 12.2. The van der Waals surface area contributed by atoms with Crippen LogP contribution in [0, 0.1) is 0 Å². The van der Waals surface area contributed by atoms with Gasteiger partial charge in [0, 0.05) is 12.1 Å². The molecule has 0 spiro atoms. The number of halogens is 2. The van der Waals surface area contributed by atoms with Crippen LogP contribution in [-0.4, -0.2) is 30.1 Å². The van der Waals surface area contributed by atoms with Gasteiger partial charge in [-0.15, -0.1) is 0 Å². The first-order valence-corrected chi connectivity index (χ1v) is 7.58. The average molecular weight is 332 g/mol. The number of hydrazine groups is 1. The van der Waals surface area contributed by atoms with Crippen molar-refractivity contribution in [3.63, 3.8) is 0 Å². The van der Waals surface area contributed by atoms with Crippen molar-refractivity contribution in [2.45, 2.75) is 45.0 Å². The van der Waals surface area contributed by atoms with E-state index in [0.717, 1.165) is 0 Å². The van der Waals surface area contributed by atoms with E-state index >= 15 is 0 Å². The number of benzene rings is 1. The first-order valence-electron chi connectivity index (χ1n) is 6.82. The van der Waals surface area contributed by atoms with Gasteiger partial charge in [0.05, 0.1) is 11.1 Å². The van der Waals surface area contributed by atoms with Gasteiger partial charge in [0.15, 0.2) is 6.10 Å². The summed E-state index contributed by atoms with van der Waals surface area (Å²) >= 11 is 12.0. The van der Waals surface area contributed by atoms with Gasteiger partial charge in [-0.1, -0.05) is 29.3 Å². The summed E-state index contributed by atoms with van der Waals surface area (Å²) in [6, 6.07) is 5.36. The molecule has 3 unspecified atom stereocenters. The minimum absolute atomic E-state index is 0.00150. The molecule has 1 saturated heterocycles. The zero-order chi connectivity index (χ0) is 15.6. The molecule has 1 aliphatic rings. The van der Waals surface area contributed by atoms with Crippen LogP contribution in [0.2, 0.25) is 10.0 Å². The molecule has 21 heavy (non-hydrogen) atoms. The fourth-order valence-electron chi connectivity index (χ4n) is 2.23. The molecule has 2 rings (SSSR count). The second kappa shape index (κ2) is 6.83. The second-order valence-electron chi connectivity index (χ2n) is 5.21. The molecule has 0 bridgehead atoms. The van der Waals surface area contributed by atoms with Gasteiger partial charge in [0.2, 0.25) is 0 Å². The standard InChI is InChI=1S/C14H19Cl2N3O2/c1-7-13(8(2)19-18-7)17-14(20)9(3)21-11-6-4-5-10(15)12(11)16/h4-9,13,18-19H,1-3H3,(H,17,20). The molecular formula is C14H19Cl2N3O2. The molecule has 1 amide bonds. The van der Waals surface area contributed by atoms with Crippen LogP contribution in [0.25, 0.3) is 0 Å². The van der Waals surface area contributed by atoms with Crippen molar-refractivity contribution in [3.8, 4) is 5.75 Å². The van der Waals surface area contributed by atoms with E-state index in [9.17, 15) is 4.79 Å². The number of hydrogen-bond donors (Lipinski definition) is 3. The average Bonchev–Trinajstić information content (AvgIpc) is 2.75. The van der Waals surface area contributed by atoms with E-state index in [2.05, 4.69) is 16.2 Å². The van der Waals surface area contributed by atoms with Gasteiger partial charge in [-0.3, -0.25) is 15.6 Å². The fraction of sp³-hybridized carbons (Fsp3) is 0.500. The van der Waals surface area contributed by atoms with Crippen LogP contribution in [0.15, 0.2) is 18.2 Å². The Labute approximate surface area is 134 Å². The van der Waals surface area contributed by atoms with Crippen LogP contribution in [-0.2, 0) is 4.79 Å². The number of carbonyl (C=O) groups is 1. The Hall–Kier alpha value is -1.01. The van der Waals surface area contributed by atoms with E-state index in [1.165, 1.54) is 0 Å². The fourth-order valence-corrected chi connectivity index (χ4v) is 2.56. The minimum Gasteiger partial charge on any atom is -0.479 e. The topological polar surface area (TPSA) is 62.4 Å². The molecule has 5 nitrogen and oxygen atoms in total. The molecule has 0 saturated carbocycles. The molecule has 1 aromatic rings. The van der Waals surface area contributed by atoms with Crippen molar-refractivity contribution >= 4 is 29.1 Å². The van der Waals surface area contributed by atoms with E-state index < -0.39 is 6.10 Å². The monoisotopic (exact) mass is 331 g/mol. The summed E-state index contributed by atoms with van der Waals surface area (Å²) in [4.78, 5) is 12.2. The molecule has 3 N–H and O–H groups in total. The molecule has 0 radical (unpaired) electrons. The van der Waals surface area contributed by atoms with Crippen molar-refractivity contribution in [1.29, 1.82) is 0 Å². The molecule has 7 heteroatoms. The molecule has 1 fully saturated rings. The largest absolute Gasteiger partial charge is 0.479 e. The summed E-state index contributed by atoms with van der Waals surface area (Å²) in [6.07, 6.45) is -0.666. The van der Waals surface area contributed by atoms with Gasteiger partial charge in [0.25, 0.3) is 5.91 Å². The number of rotatable bonds is 4. The summed E-state index contributed by atoms with van der Waals surface area (Å²) in [5, 5.41) is 3.67. The van der Waals surface area contributed by atoms with Crippen LogP contribution in [0.4, 0.5) is 0 Å². The molecule has 1 aliphatic heterocycles. The summed E-state index contributed by atoms with van der Waals surface area (Å²) in [5.41, 5.74) is 6.17. The van der Waals surface area contributed by atoms with E-state index in [-0.39, 0.29) is 24.0 Å². The third-order valence-electron chi connectivity index (χ3n) is 3.51. The zero-order valence-corrected chi connectivity index (χ0v) is 13.6. The van der Waals surface area contributed by atoms with Crippen LogP contribution < -0.4 is 20.9 Å². The minimum atomic E-state index is -0.666. The summed E-state index contributed by atoms with van der Waals surface area (Å²) < 4.78 is 5.60. The Morgan fingerprint density at radius 2 is 1.90 bits per heavy atom. The van der Waals surface area contributed by atoms with Gasteiger partial charge in [0.1, 0.15) is 10.8 Å². The van der Waals surface area contributed by atoms with Gasteiger partial charge in [-0.05, 0) is 32.9 Å². The molecule has 116 valence electrons. The third-order valence-corrected chi connectivity index (χ3v) is 4.32. The third kappa shape index (κ3) is 3.80. The smallest absolute Gasteiger partial charge is 0.261 e. The van der Waals surface area contributed by atoms with Gasteiger partial charge in [-0.25, -0.2) is 0 Å². The first-order chi connectivity index (χ1) is 9.90. The number of carbonyl (C=O) groups excluding carboxylic acids is 1. The van der Waals surface area contributed by atoms with E-state index in [0.29, 0.717) is 15.8 Å². The Kier molecular flexibility index (Phi) is 5.32. The first kappa shape index (κ1) is 16.4. The highest BCUT2D eigenvalue weighted by atomic mass is 35.5. The summed E-state index contributed by atoms with van der Waals surface area (Å²) in [5.74, 6) is 0.204. The van der Waals surface area contributed by atoms with E-state index in [1.54, 1.807) is 25.1 Å². The lowest BCUT2D eigenvalue weighted by molar-refractivity contribution is -0.128. The second-order valence-corrected chi connectivity index (χ2v) is 6.00. The van der Waals surface area contributed by atoms with Crippen molar-refractivity contribution < 1.29 is 9.53 Å². The number of amides is 1. The molecular weight excluding hydrogens is 313 g/mol. The van der Waals surface area contributed by atoms with Crippen LogP contribution in [0.3, 0.4) is 0 Å². The lowest BCUT2D eigenvalue weighted by Crippen LogP contribution is -2.50. The number of nitrogens with one attached hydrogen (secondary N) is 3. The molecule has 1 heterocycles. The molecule has 0 aromatic heterocycles. The van der Waals surface area contributed by atoms with Crippen molar-refractivity contribution in [1.82, 2.24) is 16.2 Å². The van der Waals surface area contributed by atoms with Crippen molar-refractivity contribution in [2.24, 2.45) is 0 Å². The molecule has 3 atom stereocenters. The lowest BCUT2D eigenvalue weighted by atomic mass is 10.1. The van der Waals surface area contributed by atoms with E-state index in [1.807, 2.05) is 13.8 Å². The molecule has 0 aliphatic carbocycles. The zero-order valence-electron chi connectivity index (χ0n) is 12.1. The van der Waals surface area contributed by atoms with Gasteiger partial charge < -0.3 is 10.1 Å². The van der Waals surface area contributed by atoms with Gasteiger partial charge >= 0.3 is 0 Å². The quantitative estimate of drug-likeness (QED) is 0.790. The summed E-state index contributed by atoms with van der Waals surface area (Å²) in [7, 11) is 0. The Balaban J connectivity index is 1.98. The SMILES string of the molecule is CC(Oc1cccc(Cl)c1Cl)C(=O)NC1C(C)NNC1C. The maximum absolute atomic E-state index is 12.2. The number of ether oxygens (including phenoxy) is 1. The van der Waals surface area contributed by atoms with E-state index in [4.69, 9.17) is 27.9 Å². The van der Waals surface area contributed by atoms with Crippen molar-refractivity contribution in [3.05, 3.63) is 28.2 Å². The highest BCUT2D eigenvalue weighted by Gasteiger charge is 2.32. The predicted molar refractivity (Wildman–Crippen MR) is 83.7 cm³/mol. The van der Waals surface area contributed by atoms with Crippen molar-refractivity contribution in [2.75, 3.05) is 0 Å². The van der Waals surface area contributed by atoms with Crippen LogP contribution in [0.5, 0.6) is 5.75 Å². The Morgan fingerprint density at radius 1 is 1.29 bits per heavy atom. The van der Waals surface area contributed by atoms with Crippen LogP contribution in [0.1, 0.15) is 20.8 Å². The predicted octanol–water partition coefficient (Wildman–Crippen LogP) is 2.13. The highest BCUT2D eigenvalue weighted by Crippen LogP contribution is 2.32. The van der Waals surface area contributed by atoms with Gasteiger partial charge in [-0.2, -0.15) is 0 Å². The van der Waals surface area contributed by atoms with Crippen LogP contribution >= 0.6 is 23.2 Å². The number of hydrogen-bond acceptors (Lipinski definition) is 4. The molecule has 1 aromatic carbocycles. The summed E-state index contributed by atoms with van der Waals surface area (Å²) in [6.45, 7) is 5.68. The maximum Gasteiger partial charge on any atom is 0.261 e. The normalized spacial score (nSPS) is 26.4. The highest BCUT2D eigenvalue weighted by molar-refractivity contribution is 6.42. The Morgan fingerprint density at radius 3 is 2.52 bits per heavy atom. The Bertz CT molecular complexity index is 517.